The number of carbonyl (C=O) groups excluding carboxylic acids is 10. The number of aromatic carboxylic acids is 2. The maximum Gasteiger partial charge on any atom is 0.404 e. The molecule has 6 amide bonds. The number of hydrogen-bond acceptors (Lipinski definition) is 30. The molecule has 4 unspecified atom stereocenters. The minimum Gasteiger partial charge on any atom is -0.548 e. The van der Waals surface area contributed by atoms with E-state index in [1.165, 1.54) is 27.5 Å². The van der Waals surface area contributed by atoms with E-state index >= 15 is 0 Å². The Bertz CT molecular complexity index is 3060. The molecule has 6 heterocycles. The molecule has 0 aliphatic carbocycles. The third-order valence-electron chi connectivity index (χ3n) is 9.30. The number of methoxy groups -OCH3 is 3. The number of aliphatic hydroxyl groups is 4. The van der Waals surface area contributed by atoms with Crippen molar-refractivity contribution in [1.29, 1.82) is 0 Å². The van der Waals surface area contributed by atoms with E-state index in [2.05, 4.69) is 16.2 Å². The second-order valence-corrected chi connectivity index (χ2v) is 15.0. The van der Waals surface area contributed by atoms with Crippen LogP contribution in [-0.2, 0) is 86.0 Å². The fraction of sp³-hybridized carbons (Fsp3) is 0.415. The normalized spacial score (nSPS) is 19.9. The van der Waals surface area contributed by atoms with Crippen LogP contribution in [0.15, 0.2) is 53.2 Å². The van der Waals surface area contributed by atoms with Crippen LogP contribution in [0.3, 0.4) is 0 Å². The van der Waals surface area contributed by atoms with Gasteiger partial charge >= 0.3 is 47.3 Å². The van der Waals surface area contributed by atoms with E-state index in [1.54, 1.807) is 5.32 Å². The SMILES string of the molecule is COC(N)=O.COC[C@H]1O[C@@H](n2c(C(=O)[O-])cc(=O)[nH]c2=O)C(O)[C@H]1O.COC[C@H]1O[C@@H](n2ccc(=O)[nH]c2=O)C(O)[C@H]1O.NC(=O)NC(CC(=O)O)C(=O)[O-].O.O=C([O-])c1cc(=O)[nH]c(=O)[nH]1.O=C1CC(C(=O)[O-])NC(=O)N1.O=C=O.[2HH].[2H]O.[CH3-].[CH3-].[Co].[Co]. The van der Waals surface area contributed by atoms with Crippen LogP contribution in [0.1, 0.15) is 49.1 Å². The van der Waals surface area contributed by atoms with Gasteiger partial charge in [-0.2, -0.15) is 9.59 Å². The first-order valence-electron chi connectivity index (χ1n) is 21.7. The summed E-state index contributed by atoms with van der Waals surface area (Å²) in [5.74, 6) is -8.49. The Kier molecular flexibility index (Phi) is 46.3. The number of nitrogens with one attached hydrogen (secondary N) is 7. The second-order valence-electron chi connectivity index (χ2n) is 15.0. The van der Waals surface area contributed by atoms with Gasteiger partial charge in [-0.05, 0) is 0 Å². The first kappa shape index (κ1) is 89.1. The molecular formula is C41H59Co2N11O33-6. The zero-order chi connectivity index (χ0) is 64.6. The minimum absolute atomic E-state index is 0. The van der Waals surface area contributed by atoms with E-state index in [9.17, 15) is 113 Å². The number of carboxylic acids is 5. The summed E-state index contributed by atoms with van der Waals surface area (Å²) >= 11 is 0. The van der Waals surface area contributed by atoms with Crippen LogP contribution < -0.4 is 81.6 Å². The van der Waals surface area contributed by atoms with Crippen molar-refractivity contribution in [3.05, 3.63) is 113 Å². The molecule has 3 aromatic rings. The van der Waals surface area contributed by atoms with Crippen molar-refractivity contribution in [3.8, 4) is 0 Å². The zero-order valence-electron chi connectivity index (χ0n) is 45.9. The molecule has 10 atom stereocenters. The number of imide groups is 1. The van der Waals surface area contributed by atoms with Crippen molar-refractivity contribution in [1.82, 2.24) is 45.0 Å². The average molecular weight is 1350 g/mol. The molecule has 2 radical (unpaired) electrons. The number of hydrogen-bond donors (Lipinski definition) is 14. The number of ether oxygens (including phenoxy) is 5. The molecule has 3 aliphatic heterocycles. The molecule has 3 aliphatic rings. The van der Waals surface area contributed by atoms with Crippen LogP contribution in [0.4, 0.5) is 14.4 Å². The van der Waals surface area contributed by atoms with Gasteiger partial charge in [0.15, 0.2) is 12.5 Å². The molecule has 20 N–H and O–H groups in total. The maximum absolute atomic E-state index is 11.8. The minimum atomic E-state index is -1.79. The molecule has 3 aromatic heterocycles. The van der Waals surface area contributed by atoms with Gasteiger partial charge in [0.05, 0.1) is 80.5 Å². The Morgan fingerprint density at radius 1 is 0.759 bits per heavy atom. The smallest absolute Gasteiger partial charge is 0.404 e. The van der Waals surface area contributed by atoms with Crippen molar-refractivity contribution in [2.75, 3.05) is 34.5 Å². The number of aliphatic carboxylic acids is 3. The number of nitrogens with zero attached hydrogens (tertiary/aromatic N) is 2. The molecule has 0 saturated carbocycles. The molecule has 44 nitrogen and oxygen atoms in total. The Morgan fingerprint density at radius 3 is 1.60 bits per heavy atom. The van der Waals surface area contributed by atoms with Crippen LogP contribution in [0.5, 0.6) is 0 Å². The van der Waals surface area contributed by atoms with Crippen LogP contribution in [0, 0.1) is 14.9 Å². The average Bonchev–Trinajstić information content (AvgIpc) is 2.48. The number of aliphatic hydroxyl groups excluding tert-OH is 4. The fourth-order valence-electron chi connectivity index (χ4n) is 5.92. The van der Waals surface area contributed by atoms with Crippen molar-refractivity contribution in [2.45, 2.75) is 74.0 Å². The van der Waals surface area contributed by atoms with Gasteiger partial charge in [0, 0.05) is 73.6 Å². The zero-order valence-corrected chi connectivity index (χ0v) is 47.0. The predicted octanol–water partition coefficient (Wildman–Crippen LogP) is -15.4. The van der Waals surface area contributed by atoms with Crippen molar-refractivity contribution in [2.24, 2.45) is 11.5 Å². The van der Waals surface area contributed by atoms with E-state index < -0.39 is 167 Å². The Labute approximate surface area is 506 Å². The Hall–Kier alpha value is -9.14. The summed E-state index contributed by atoms with van der Waals surface area (Å²) < 4.78 is 30.4. The number of H-pyrrole nitrogens is 4. The van der Waals surface area contributed by atoms with Crippen LogP contribution in [0.25, 0.3) is 0 Å². The number of urea groups is 2. The van der Waals surface area contributed by atoms with Crippen molar-refractivity contribution < 1.29 is 170 Å². The summed E-state index contributed by atoms with van der Waals surface area (Å²) in [7, 11) is 4.00. The summed E-state index contributed by atoms with van der Waals surface area (Å²) in [5, 5.41) is 94.4. The monoisotopic (exact) mass is 1350 g/mol. The van der Waals surface area contributed by atoms with E-state index in [1.807, 2.05) is 30.6 Å². The predicted molar refractivity (Wildman–Crippen MR) is 262 cm³/mol. The fourth-order valence-corrected chi connectivity index (χ4v) is 5.92. The van der Waals surface area contributed by atoms with Crippen LogP contribution in [0.2, 0.25) is 0 Å². The van der Waals surface area contributed by atoms with Crippen molar-refractivity contribution in [3.63, 3.8) is 0 Å². The van der Waals surface area contributed by atoms with Crippen molar-refractivity contribution >= 4 is 60.1 Å². The molecular weight excluding hydrogens is 1290 g/mol. The number of rotatable bonds is 13. The molecule has 6 rings (SSSR count). The maximum atomic E-state index is 11.8. The van der Waals surface area contributed by atoms with Gasteiger partial charge in [0.1, 0.15) is 36.6 Å². The van der Waals surface area contributed by atoms with E-state index in [4.69, 9.17) is 40.6 Å². The van der Waals surface area contributed by atoms with Gasteiger partial charge in [-0.3, -0.25) is 53.4 Å². The number of carboxylic acid groups (broad SMARTS) is 5. The molecule has 0 bridgehead atoms. The Balaban J connectivity index is -0.000000148. The number of primary amides is 2. The van der Waals surface area contributed by atoms with Gasteiger partial charge < -0.3 is 142 Å². The van der Waals surface area contributed by atoms with Gasteiger partial charge in [-0.25, -0.2) is 28.8 Å². The number of aromatic nitrogens is 6. The second kappa shape index (κ2) is 45.3. The standard InChI is InChI=1S/C11H14N2O8.C10H14N2O6.C5H8N2O5.C5H6N2O4.C5H4N2O4.C2H5NO2.CO2.2CH3.2Co.2H2O.H2/c1-20-3-5-7(15)8(16)9(21-5)13-4(10(17)18)2-6(14)12-11(13)19;1-17-4-5-7(14)8(15)9(18-5)12-3-2-6(13)11-10(12)16;6-5(12)7-2(4(10)11)1-3(8)9;2*8-3-1-2(4(9)10)6-5(11)7-3;1-5-2(3)4;2-1-3;;;;;;;/h2,5,7-9,15-16H,3H2,1H3,(H,17,18)(H,12,14,19);2-3,5,7-9,14-15H,4H2,1H3,(H,11,13,16);2H,1H2,(H,8,9)(H,10,11)(H3,6,7,12);2H,1H2,(H,9,10)(H2,6,7,8,11);1H,(H,9,10)(H2,6,7,8,11);1H3,(H2,3,4);;2*1H3;;;2*1H2;1H/q;;;;;;;2*-1;;;;;/p-4/t2*5-,7+,8?,9-;;;;;;;;;;;;/m11............/s1/i;;;;;;;;;;;;;1+1/hD. The summed E-state index contributed by atoms with van der Waals surface area (Å²) in [6, 6.07) is -2.19. The van der Waals surface area contributed by atoms with E-state index in [0.717, 1.165) is 16.7 Å². The van der Waals surface area contributed by atoms with Gasteiger partial charge in [0.25, 0.3) is 16.7 Å². The summed E-state index contributed by atoms with van der Waals surface area (Å²) in [4.78, 5) is 182. The van der Waals surface area contributed by atoms with E-state index in [0.29, 0.717) is 10.6 Å². The molecule has 46 heteroatoms. The molecule has 3 saturated heterocycles. The van der Waals surface area contributed by atoms with Gasteiger partial charge in [-0.1, -0.05) is 0 Å². The van der Waals surface area contributed by atoms with Gasteiger partial charge in [0.2, 0.25) is 7.34 Å². The Morgan fingerprint density at radius 2 is 1.22 bits per heavy atom. The summed E-state index contributed by atoms with van der Waals surface area (Å²) in [6.07, 6.45) is -9.93. The third kappa shape index (κ3) is 32.1. The molecule has 0 spiro atoms. The quantitative estimate of drug-likeness (QED) is 0.0707. The molecule has 87 heavy (non-hydrogen) atoms. The largest absolute Gasteiger partial charge is 0.548 e. The van der Waals surface area contributed by atoms with Crippen LogP contribution in [-0.4, -0.2) is 209 Å². The van der Waals surface area contributed by atoms with Crippen LogP contribution >= 0.6 is 0 Å². The summed E-state index contributed by atoms with van der Waals surface area (Å²) in [5.41, 5.74) is 9.03. The van der Waals surface area contributed by atoms with Gasteiger partial charge in [-0.15, -0.1) is 0 Å². The molecule has 0 aromatic carbocycles. The molecule has 500 valence electrons. The first-order valence-corrected chi connectivity index (χ1v) is 21.3. The van der Waals surface area contributed by atoms with E-state index in [-0.39, 0.29) is 81.1 Å². The number of carbonyl (C=O) groups is 9. The number of nitrogens with two attached hydrogens (primary N) is 2. The molecule has 3 fully saturated rings. The topological polar surface area (TPSA) is 754 Å². The number of aromatic amines is 4. The number of amides is 6. The first-order chi connectivity index (χ1) is 38.7. The third-order valence-corrected chi connectivity index (χ3v) is 9.30. The summed E-state index contributed by atoms with van der Waals surface area (Å²) in [6.45, 7) is 0.0142.